The lowest BCUT2D eigenvalue weighted by atomic mass is 9.90. The number of aromatic nitrogens is 1. The van der Waals surface area contributed by atoms with E-state index < -0.39 is 6.10 Å². The van der Waals surface area contributed by atoms with Crippen molar-refractivity contribution in [1.82, 2.24) is 9.88 Å². The number of aryl methyl sites for hydroxylation is 1. The molecule has 1 aliphatic rings. The summed E-state index contributed by atoms with van der Waals surface area (Å²) in [5, 5.41) is 22.8. The highest BCUT2D eigenvalue weighted by Crippen LogP contribution is 2.40. The molecule has 168 valence electrons. The van der Waals surface area contributed by atoms with Gasteiger partial charge in [-0.15, -0.1) is 11.3 Å². The molecule has 0 unspecified atom stereocenters. The van der Waals surface area contributed by atoms with Crippen molar-refractivity contribution < 1.29 is 14.9 Å². The number of aliphatic hydroxyl groups excluding tert-OH is 1. The van der Waals surface area contributed by atoms with Crippen molar-refractivity contribution in [2.45, 2.75) is 44.8 Å². The third-order valence-electron chi connectivity index (χ3n) is 6.61. The topological polar surface area (TPSA) is 68.7 Å². The fraction of sp³-hybridized carbons (Fsp3) is 0.385. The number of H-pyrrole nitrogens is 1. The second kappa shape index (κ2) is 8.77. The van der Waals surface area contributed by atoms with Crippen LogP contribution in [0.15, 0.2) is 48.5 Å². The molecule has 0 bridgehead atoms. The molecule has 2 aromatic heterocycles. The highest BCUT2D eigenvalue weighted by molar-refractivity contribution is 7.19. The fourth-order valence-electron chi connectivity index (χ4n) is 4.92. The summed E-state index contributed by atoms with van der Waals surface area (Å²) in [5.74, 6) is 1.68. The predicted octanol–water partition coefficient (Wildman–Crippen LogP) is 5.40. The van der Waals surface area contributed by atoms with Crippen molar-refractivity contribution in [2.24, 2.45) is 0 Å². The summed E-state index contributed by atoms with van der Waals surface area (Å²) in [4.78, 5) is 7.05. The molecule has 0 radical (unpaired) electrons. The molecule has 0 spiro atoms. The molecule has 3 atom stereocenters. The predicted molar refractivity (Wildman–Crippen MR) is 131 cm³/mol. The Bertz CT molecular complexity index is 1230. The molecule has 0 amide bonds. The van der Waals surface area contributed by atoms with Crippen LogP contribution in [0, 0.1) is 6.92 Å². The van der Waals surface area contributed by atoms with Gasteiger partial charge < -0.3 is 19.9 Å². The summed E-state index contributed by atoms with van der Waals surface area (Å²) in [7, 11) is 0. The number of aromatic hydroxyl groups is 1. The van der Waals surface area contributed by atoms with Crippen molar-refractivity contribution in [2.75, 3.05) is 19.7 Å². The van der Waals surface area contributed by atoms with Crippen LogP contribution >= 0.6 is 11.3 Å². The number of hydrogen-bond donors (Lipinski definition) is 3. The Kier molecular flexibility index (Phi) is 5.84. The molecular weight excluding hydrogens is 420 g/mol. The number of nitrogens with one attached hydrogen (secondary N) is 1. The van der Waals surface area contributed by atoms with Crippen LogP contribution in [-0.4, -0.2) is 51.9 Å². The van der Waals surface area contributed by atoms with Gasteiger partial charge in [0, 0.05) is 44.1 Å². The highest BCUT2D eigenvalue weighted by Gasteiger charge is 2.29. The first kappa shape index (κ1) is 21.3. The second-order valence-electron chi connectivity index (χ2n) is 9.04. The van der Waals surface area contributed by atoms with Gasteiger partial charge >= 0.3 is 0 Å². The summed E-state index contributed by atoms with van der Waals surface area (Å²) in [5.41, 5.74) is 2.15. The van der Waals surface area contributed by atoms with E-state index in [0.29, 0.717) is 24.3 Å². The van der Waals surface area contributed by atoms with Gasteiger partial charge in [0.1, 0.15) is 24.2 Å². The van der Waals surface area contributed by atoms with Crippen LogP contribution in [0.25, 0.3) is 21.0 Å². The van der Waals surface area contributed by atoms with Crippen LogP contribution < -0.4 is 4.74 Å². The second-order valence-corrected chi connectivity index (χ2v) is 10.2. The standard InChI is InChI=1S/C26H30N2O3S/c1-16-11-20-22(27-16)5-3-7-24(20)31-15-19(29)14-28-10-9-18(12-17(28)2)26-13-21-23(30)6-4-8-25(21)32-26/h3-8,11,13,17-19,27,29-30H,9-10,12,14-15H2,1-2H3/t17-,18+,19+/m1/s1. The van der Waals surface area contributed by atoms with Crippen molar-refractivity contribution in [1.29, 1.82) is 0 Å². The van der Waals surface area contributed by atoms with E-state index >= 15 is 0 Å². The summed E-state index contributed by atoms with van der Waals surface area (Å²) in [6.07, 6.45) is 1.59. The number of aliphatic hydroxyl groups is 1. The van der Waals surface area contributed by atoms with E-state index in [1.165, 1.54) is 4.88 Å². The number of hydrogen-bond acceptors (Lipinski definition) is 5. The molecule has 5 rings (SSSR count). The molecule has 0 saturated carbocycles. The van der Waals surface area contributed by atoms with Crippen LogP contribution in [-0.2, 0) is 0 Å². The van der Waals surface area contributed by atoms with E-state index in [4.69, 9.17) is 4.74 Å². The van der Waals surface area contributed by atoms with E-state index in [1.54, 1.807) is 17.4 Å². The zero-order valence-corrected chi connectivity index (χ0v) is 19.4. The maximum atomic E-state index is 10.7. The monoisotopic (exact) mass is 450 g/mol. The third kappa shape index (κ3) is 4.22. The normalized spacial score (nSPS) is 20.7. The number of phenols is 1. The average Bonchev–Trinajstić information content (AvgIpc) is 3.37. The molecule has 32 heavy (non-hydrogen) atoms. The van der Waals surface area contributed by atoms with Gasteiger partial charge in [0.15, 0.2) is 0 Å². The number of thiophene rings is 1. The number of β-amino-alcohol motifs (C(OH)–C–C–N with tert-alkyl or cyclic N) is 1. The Labute approximate surface area is 192 Å². The number of aromatic amines is 1. The van der Waals surface area contributed by atoms with Crippen molar-refractivity contribution in [3.8, 4) is 11.5 Å². The minimum atomic E-state index is -0.537. The molecule has 1 fully saturated rings. The van der Waals surface area contributed by atoms with Crippen LogP contribution in [0.5, 0.6) is 11.5 Å². The third-order valence-corrected chi connectivity index (χ3v) is 7.87. The Balaban J connectivity index is 1.18. The van der Waals surface area contributed by atoms with E-state index in [2.05, 4.69) is 35.0 Å². The summed E-state index contributed by atoms with van der Waals surface area (Å²) in [6, 6.07) is 16.3. The van der Waals surface area contributed by atoms with Crippen LogP contribution in [0.1, 0.15) is 36.3 Å². The number of ether oxygens (including phenoxy) is 1. The van der Waals surface area contributed by atoms with Crippen LogP contribution in [0.3, 0.4) is 0 Å². The smallest absolute Gasteiger partial charge is 0.128 e. The lowest BCUT2D eigenvalue weighted by molar-refractivity contribution is 0.0408. The minimum Gasteiger partial charge on any atom is -0.507 e. The van der Waals surface area contributed by atoms with Gasteiger partial charge in [-0.2, -0.15) is 0 Å². The largest absolute Gasteiger partial charge is 0.507 e. The Hall–Kier alpha value is -2.54. The molecular formula is C26H30N2O3S. The lowest BCUT2D eigenvalue weighted by Crippen LogP contribution is -2.45. The molecule has 0 aliphatic carbocycles. The van der Waals surface area contributed by atoms with Crippen molar-refractivity contribution >= 4 is 32.3 Å². The van der Waals surface area contributed by atoms with Gasteiger partial charge in [0.25, 0.3) is 0 Å². The SMILES string of the molecule is Cc1cc2c(OC[C@@H](O)CN3CC[C@H](c4cc5c(O)cccc5s4)C[C@H]3C)cccc2[nH]1. The fourth-order valence-corrected chi connectivity index (χ4v) is 6.15. The average molecular weight is 451 g/mol. The lowest BCUT2D eigenvalue weighted by Gasteiger charge is -2.38. The molecule has 3 N–H and O–H groups in total. The van der Waals surface area contributed by atoms with E-state index in [1.807, 2.05) is 31.2 Å². The van der Waals surface area contributed by atoms with Gasteiger partial charge in [0.2, 0.25) is 0 Å². The van der Waals surface area contributed by atoms with E-state index in [0.717, 1.165) is 51.8 Å². The Morgan fingerprint density at radius 1 is 1.19 bits per heavy atom. The number of piperidine rings is 1. The minimum absolute atomic E-state index is 0.283. The van der Waals surface area contributed by atoms with Gasteiger partial charge in [0.05, 0.1) is 0 Å². The summed E-state index contributed by atoms with van der Waals surface area (Å²) < 4.78 is 7.14. The van der Waals surface area contributed by atoms with E-state index in [-0.39, 0.29) is 6.61 Å². The molecule has 5 nitrogen and oxygen atoms in total. The number of fused-ring (bicyclic) bond motifs is 2. The molecule has 3 heterocycles. The number of phenolic OH excluding ortho intramolecular Hbond substituents is 1. The van der Waals surface area contributed by atoms with Gasteiger partial charge in [-0.05, 0) is 75.5 Å². The van der Waals surface area contributed by atoms with E-state index in [9.17, 15) is 10.2 Å². The zero-order valence-electron chi connectivity index (χ0n) is 18.5. The molecule has 1 aliphatic heterocycles. The van der Waals surface area contributed by atoms with Gasteiger partial charge in [-0.1, -0.05) is 12.1 Å². The number of benzene rings is 2. The number of rotatable bonds is 6. The molecule has 1 saturated heterocycles. The van der Waals surface area contributed by atoms with Crippen LogP contribution in [0.2, 0.25) is 0 Å². The number of nitrogens with zero attached hydrogens (tertiary/aromatic N) is 1. The maximum absolute atomic E-state index is 10.7. The first-order valence-electron chi connectivity index (χ1n) is 11.3. The maximum Gasteiger partial charge on any atom is 0.128 e. The zero-order chi connectivity index (χ0) is 22.2. The first-order chi connectivity index (χ1) is 15.5. The summed E-state index contributed by atoms with van der Waals surface area (Å²) >= 11 is 1.79. The molecule has 4 aromatic rings. The number of likely N-dealkylation sites (tertiary alicyclic amines) is 1. The van der Waals surface area contributed by atoms with Gasteiger partial charge in [-0.3, -0.25) is 4.90 Å². The Morgan fingerprint density at radius 2 is 2.03 bits per heavy atom. The molecule has 2 aromatic carbocycles. The molecule has 6 heteroatoms. The van der Waals surface area contributed by atoms with Gasteiger partial charge in [-0.25, -0.2) is 0 Å². The first-order valence-corrected chi connectivity index (χ1v) is 12.1. The quantitative estimate of drug-likeness (QED) is 0.368. The summed E-state index contributed by atoms with van der Waals surface area (Å²) in [6.45, 7) is 6.13. The highest BCUT2D eigenvalue weighted by atomic mass is 32.1. The van der Waals surface area contributed by atoms with Crippen LogP contribution in [0.4, 0.5) is 0 Å². The van der Waals surface area contributed by atoms with Crippen molar-refractivity contribution in [3.05, 3.63) is 59.1 Å². The Morgan fingerprint density at radius 3 is 2.84 bits per heavy atom. The van der Waals surface area contributed by atoms with Crippen molar-refractivity contribution in [3.63, 3.8) is 0 Å².